The summed E-state index contributed by atoms with van der Waals surface area (Å²) in [6.45, 7) is 3.50. The van der Waals surface area contributed by atoms with Gasteiger partial charge in [0.2, 0.25) is 5.91 Å². The summed E-state index contributed by atoms with van der Waals surface area (Å²) in [5.74, 6) is -3.73. The second kappa shape index (κ2) is 10.6. The van der Waals surface area contributed by atoms with E-state index in [4.69, 9.17) is 31.4 Å². The van der Waals surface area contributed by atoms with Gasteiger partial charge in [0.1, 0.15) is 0 Å². The fourth-order valence-corrected chi connectivity index (χ4v) is 1.60. The van der Waals surface area contributed by atoms with Crippen LogP contribution < -0.4 is 10.9 Å². The van der Waals surface area contributed by atoms with E-state index >= 15 is 0 Å². The number of aryl methyl sites for hydroxylation is 1. The van der Waals surface area contributed by atoms with Gasteiger partial charge in [-0.05, 0) is 31.4 Å². The van der Waals surface area contributed by atoms with Crippen LogP contribution >= 0.6 is 11.6 Å². The van der Waals surface area contributed by atoms with Crippen LogP contribution in [0, 0.1) is 0 Å². The number of amides is 1. The molecule has 7 nitrogen and oxygen atoms in total. The third-order valence-corrected chi connectivity index (χ3v) is 2.85. The Morgan fingerprint density at radius 2 is 1.73 bits per heavy atom. The van der Waals surface area contributed by atoms with Gasteiger partial charge < -0.3 is 10.2 Å². The number of carboxylic acid groups (broad SMARTS) is 2. The second-order valence-corrected chi connectivity index (χ2v) is 4.87. The van der Waals surface area contributed by atoms with Crippen LogP contribution in [0.5, 0.6) is 0 Å². The summed E-state index contributed by atoms with van der Waals surface area (Å²) in [4.78, 5) is 28.9. The molecule has 1 rings (SSSR count). The highest BCUT2D eigenvalue weighted by molar-refractivity contribution is 6.31. The number of aliphatic carboxylic acids is 2. The number of carbonyl (C=O) groups is 3. The van der Waals surface area contributed by atoms with E-state index in [1.165, 1.54) is 6.92 Å². The number of halogens is 1. The van der Waals surface area contributed by atoms with Crippen LogP contribution in [-0.4, -0.2) is 34.1 Å². The highest BCUT2D eigenvalue weighted by Crippen LogP contribution is 2.16. The van der Waals surface area contributed by atoms with Crippen LogP contribution in [0.1, 0.15) is 25.8 Å². The Balaban J connectivity index is 0.000000626. The maximum Gasteiger partial charge on any atom is 0.414 e. The minimum absolute atomic E-state index is 0.0791. The summed E-state index contributed by atoms with van der Waals surface area (Å²) in [7, 11) is 0. The van der Waals surface area contributed by atoms with Gasteiger partial charge in [0.15, 0.2) is 0 Å². The van der Waals surface area contributed by atoms with Crippen LogP contribution in [0.25, 0.3) is 0 Å². The zero-order valence-corrected chi connectivity index (χ0v) is 13.1. The topological polar surface area (TPSA) is 116 Å². The zero-order valence-electron chi connectivity index (χ0n) is 12.3. The van der Waals surface area contributed by atoms with Gasteiger partial charge >= 0.3 is 11.9 Å². The number of nitrogens with one attached hydrogen (secondary N) is 2. The van der Waals surface area contributed by atoms with E-state index in [0.29, 0.717) is 0 Å². The molecule has 1 aromatic carbocycles. The molecule has 0 bridgehead atoms. The summed E-state index contributed by atoms with van der Waals surface area (Å²) >= 11 is 6.05. The molecule has 0 aliphatic heterocycles. The van der Waals surface area contributed by atoms with Crippen LogP contribution in [0.4, 0.5) is 0 Å². The molecular weight excluding hydrogens is 312 g/mol. The summed E-state index contributed by atoms with van der Waals surface area (Å²) < 4.78 is 0. The summed E-state index contributed by atoms with van der Waals surface area (Å²) in [6.07, 6.45) is 1.82. The first-order chi connectivity index (χ1) is 10.2. The molecular formula is C14H19ClN2O5. The predicted octanol–water partition coefficient (Wildman–Crippen LogP) is 1.46. The van der Waals surface area contributed by atoms with Crippen LogP contribution in [0.2, 0.25) is 5.02 Å². The smallest absolute Gasteiger partial charge is 0.414 e. The second-order valence-electron chi connectivity index (χ2n) is 4.47. The van der Waals surface area contributed by atoms with Gasteiger partial charge in [-0.15, -0.1) is 0 Å². The third kappa shape index (κ3) is 9.73. The molecule has 1 unspecified atom stereocenters. The molecule has 0 spiro atoms. The largest absolute Gasteiger partial charge is 0.473 e. The van der Waals surface area contributed by atoms with Crippen LogP contribution in [0.3, 0.4) is 0 Å². The quantitative estimate of drug-likeness (QED) is 0.480. The predicted molar refractivity (Wildman–Crippen MR) is 81.5 cm³/mol. The molecule has 8 heteroatoms. The Morgan fingerprint density at radius 3 is 2.18 bits per heavy atom. The van der Waals surface area contributed by atoms with Gasteiger partial charge in [-0.2, -0.15) is 0 Å². The van der Waals surface area contributed by atoms with Crippen molar-refractivity contribution >= 4 is 29.4 Å². The SMILES string of the molecule is CC(=O)NNC(C)CCc1ccccc1Cl.O=C(O)C(=O)O. The number of hydrogen-bond donors (Lipinski definition) is 4. The van der Waals surface area contributed by atoms with Crippen molar-refractivity contribution in [3.8, 4) is 0 Å². The molecule has 1 amide bonds. The molecule has 122 valence electrons. The number of hydrogen-bond acceptors (Lipinski definition) is 4. The van der Waals surface area contributed by atoms with Gasteiger partial charge in [-0.1, -0.05) is 29.8 Å². The molecule has 4 N–H and O–H groups in total. The minimum atomic E-state index is -1.82. The Labute approximate surface area is 133 Å². The number of hydrazine groups is 1. The van der Waals surface area contributed by atoms with E-state index in [9.17, 15) is 4.79 Å². The minimum Gasteiger partial charge on any atom is -0.473 e. The average Bonchev–Trinajstić information content (AvgIpc) is 2.44. The van der Waals surface area contributed by atoms with E-state index in [0.717, 1.165) is 23.4 Å². The van der Waals surface area contributed by atoms with Crippen molar-refractivity contribution in [2.75, 3.05) is 0 Å². The zero-order chi connectivity index (χ0) is 17.1. The fourth-order valence-electron chi connectivity index (χ4n) is 1.37. The van der Waals surface area contributed by atoms with E-state index in [1.54, 1.807) is 0 Å². The van der Waals surface area contributed by atoms with Crippen molar-refractivity contribution in [1.82, 2.24) is 10.9 Å². The summed E-state index contributed by atoms with van der Waals surface area (Å²) in [6, 6.07) is 8.04. The Hall–Kier alpha value is -2.12. The van der Waals surface area contributed by atoms with Gasteiger partial charge in [-0.25, -0.2) is 15.0 Å². The molecule has 0 saturated heterocycles. The molecule has 0 aliphatic rings. The maximum atomic E-state index is 10.7. The number of benzene rings is 1. The van der Waals surface area contributed by atoms with Crippen molar-refractivity contribution < 1.29 is 24.6 Å². The number of carboxylic acids is 2. The Morgan fingerprint density at radius 1 is 1.18 bits per heavy atom. The Kier molecular flexibility index (Phi) is 9.56. The van der Waals surface area contributed by atoms with Crippen molar-refractivity contribution in [3.63, 3.8) is 0 Å². The lowest BCUT2D eigenvalue weighted by Gasteiger charge is -2.14. The van der Waals surface area contributed by atoms with Crippen molar-refractivity contribution in [3.05, 3.63) is 34.9 Å². The van der Waals surface area contributed by atoms with Crippen LogP contribution in [-0.2, 0) is 20.8 Å². The average molecular weight is 331 g/mol. The van der Waals surface area contributed by atoms with Crippen molar-refractivity contribution in [2.45, 2.75) is 32.7 Å². The standard InChI is InChI=1S/C12H17ClN2O.C2H2O4/c1-9(14-15-10(2)16)7-8-11-5-3-4-6-12(11)13;3-1(4)2(5)6/h3-6,9,14H,7-8H2,1-2H3,(H,15,16);(H,3,4)(H,5,6). The lowest BCUT2D eigenvalue weighted by molar-refractivity contribution is -0.159. The number of rotatable bonds is 5. The highest BCUT2D eigenvalue weighted by atomic mass is 35.5. The monoisotopic (exact) mass is 330 g/mol. The molecule has 0 aromatic heterocycles. The van der Waals surface area contributed by atoms with Crippen molar-refractivity contribution in [2.24, 2.45) is 0 Å². The lowest BCUT2D eigenvalue weighted by Crippen LogP contribution is -2.41. The first kappa shape index (κ1) is 19.9. The summed E-state index contributed by atoms with van der Waals surface area (Å²) in [5, 5.41) is 15.6. The van der Waals surface area contributed by atoms with E-state index in [2.05, 4.69) is 10.9 Å². The van der Waals surface area contributed by atoms with E-state index in [-0.39, 0.29) is 11.9 Å². The normalized spacial score (nSPS) is 10.9. The molecule has 0 fully saturated rings. The maximum absolute atomic E-state index is 10.7. The highest BCUT2D eigenvalue weighted by Gasteiger charge is 2.05. The number of carbonyl (C=O) groups excluding carboxylic acids is 1. The van der Waals surface area contributed by atoms with Crippen LogP contribution in [0.15, 0.2) is 24.3 Å². The molecule has 1 aromatic rings. The lowest BCUT2D eigenvalue weighted by atomic mass is 10.1. The van der Waals surface area contributed by atoms with E-state index in [1.807, 2.05) is 31.2 Å². The van der Waals surface area contributed by atoms with E-state index < -0.39 is 11.9 Å². The third-order valence-electron chi connectivity index (χ3n) is 2.48. The molecule has 1 atom stereocenters. The summed E-state index contributed by atoms with van der Waals surface area (Å²) in [5.41, 5.74) is 6.64. The molecule has 0 heterocycles. The molecule has 0 radical (unpaired) electrons. The fraction of sp³-hybridized carbons (Fsp3) is 0.357. The Bertz CT molecular complexity index is 510. The first-order valence-corrected chi connectivity index (χ1v) is 6.83. The molecule has 0 aliphatic carbocycles. The van der Waals surface area contributed by atoms with Gasteiger partial charge in [0, 0.05) is 18.0 Å². The van der Waals surface area contributed by atoms with Gasteiger partial charge in [-0.3, -0.25) is 10.2 Å². The first-order valence-electron chi connectivity index (χ1n) is 6.45. The molecule has 0 saturated carbocycles. The van der Waals surface area contributed by atoms with Gasteiger partial charge in [0.05, 0.1) is 0 Å². The van der Waals surface area contributed by atoms with Gasteiger partial charge in [0.25, 0.3) is 0 Å². The molecule has 22 heavy (non-hydrogen) atoms. The van der Waals surface area contributed by atoms with Crippen molar-refractivity contribution in [1.29, 1.82) is 0 Å².